The van der Waals surface area contributed by atoms with E-state index in [1.807, 2.05) is 39.8 Å². The lowest BCUT2D eigenvalue weighted by molar-refractivity contribution is -0.236. The van der Waals surface area contributed by atoms with Crippen LogP contribution >= 0.6 is 0 Å². The van der Waals surface area contributed by atoms with Gasteiger partial charge in [0.1, 0.15) is 0 Å². The maximum absolute atomic E-state index is 6.41. The fourth-order valence-electron chi connectivity index (χ4n) is 2.42. The summed E-state index contributed by atoms with van der Waals surface area (Å²) in [5.41, 5.74) is 5.71. The van der Waals surface area contributed by atoms with Crippen LogP contribution in [0, 0.1) is 0 Å². The summed E-state index contributed by atoms with van der Waals surface area (Å²) in [6, 6.07) is 0. The molecule has 0 saturated carbocycles. The molecular weight excluding hydrogens is 328 g/mol. The third-order valence-electron chi connectivity index (χ3n) is 3.25. The van der Waals surface area contributed by atoms with Gasteiger partial charge in [0.05, 0.1) is 6.73 Å². The van der Waals surface area contributed by atoms with Crippen LogP contribution in [0.25, 0.3) is 0 Å². The summed E-state index contributed by atoms with van der Waals surface area (Å²) in [6.07, 6.45) is 3.14. The Morgan fingerprint density at radius 1 is 0.917 bits per heavy atom. The van der Waals surface area contributed by atoms with Gasteiger partial charge < -0.3 is 28.2 Å². The zero-order chi connectivity index (χ0) is 18.5. The molecule has 7 nitrogen and oxygen atoms in total. The van der Waals surface area contributed by atoms with Crippen molar-refractivity contribution < 1.29 is 22.4 Å². The second-order valence-corrected chi connectivity index (χ2v) is 7.88. The van der Waals surface area contributed by atoms with E-state index in [0.29, 0.717) is 39.5 Å². The Bertz CT molecular complexity index is 296. The molecule has 146 valence electrons. The Kier molecular flexibility index (Phi) is 13.1. The van der Waals surface area contributed by atoms with Crippen LogP contribution in [0.1, 0.15) is 53.4 Å². The average molecular weight is 367 g/mol. The Morgan fingerprint density at radius 2 is 1.54 bits per heavy atom. The molecule has 0 radical (unpaired) electrons. The molecule has 0 aliphatic carbocycles. The van der Waals surface area contributed by atoms with E-state index in [4.69, 9.17) is 28.2 Å². The van der Waals surface area contributed by atoms with Gasteiger partial charge in [0.2, 0.25) is 0 Å². The van der Waals surface area contributed by atoms with Crippen LogP contribution in [0.4, 0.5) is 0 Å². The second kappa shape index (κ2) is 13.2. The van der Waals surface area contributed by atoms with Gasteiger partial charge in [-0.1, -0.05) is 13.3 Å². The third kappa shape index (κ3) is 8.86. The first kappa shape index (κ1) is 23.9. The van der Waals surface area contributed by atoms with Crippen LogP contribution in [0.5, 0.6) is 0 Å². The molecule has 0 fully saturated rings. The third-order valence-corrected chi connectivity index (χ3v) is 5.64. The molecular formula is C16H38N2O5Si. The van der Waals surface area contributed by atoms with Crippen LogP contribution in [0.2, 0.25) is 0 Å². The van der Waals surface area contributed by atoms with Gasteiger partial charge in [0, 0.05) is 32.7 Å². The van der Waals surface area contributed by atoms with Crippen LogP contribution in [-0.2, 0) is 22.4 Å². The number of nitrogens with two attached hydrogens (primary N) is 1. The molecule has 0 aromatic heterocycles. The molecule has 24 heavy (non-hydrogen) atoms. The van der Waals surface area contributed by atoms with Crippen molar-refractivity contribution in [1.29, 1.82) is 0 Å². The molecule has 0 amide bonds. The Morgan fingerprint density at radius 3 is 1.96 bits per heavy atom. The molecule has 0 aliphatic rings. The van der Waals surface area contributed by atoms with Crippen molar-refractivity contribution in [2.45, 2.75) is 59.2 Å². The molecule has 1 unspecified atom stereocenters. The first-order valence-corrected chi connectivity index (χ1v) is 10.7. The monoisotopic (exact) mass is 366 g/mol. The summed E-state index contributed by atoms with van der Waals surface area (Å²) in [4.78, 5) is 1.91. The molecule has 0 aromatic rings. The van der Waals surface area contributed by atoms with E-state index < -0.39 is 14.8 Å². The van der Waals surface area contributed by atoms with Gasteiger partial charge in [-0.25, -0.2) is 0 Å². The van der Waals surface area contributed by atoms with E-state index in [-0.39, 0.29) is 0 Å². The van der Waals surface area contributed by atoms with Gasteiger partial charge in [0.15, 0.2) is 5.79 Å². The Balaban J connectivity index is 5.47. The molecule has 0 aromatic carbocycles. The molecule has 0 heterocycles. The Hall–Kier alpha value is -0.0631. The topological polar surface area (TPSA) is 75.4 Å². The van der Waals surface area contributed by atoms with E-state index in [9.17, 15) is 0 Å². The van der Waals surface area contributed by atoms with Crippen LogP contribution in [-0.4, -0.2) is 66.9 Å². The van der Waals surface area contributed by atoms with Gasteiger partial charge in [-0.2, -0.15) is 0 Å². The van der Waals surface area contributed by atoms with Crippen molar-refractivity contribution in [2.75, 3.05) is 47.2 Å². The maximum Gasteiger partial charge on any atom is 0.682 e. The van der Waals surface area contributed by atoms with Crippen LogP contribution < -0.4 is 5.73 Å². The first-order chi connectivity index (χ1) is 11.4. The molecule has 1 atom stereocenters. The molecule has 0 aliphatic heterocycles. The van der Waals surface area contributed by atoms with Crippen LogP contribution in [0.15, 0.2) is 0 Å². The second-order valence-electron chi connectivity index (χ2n) is 5.81. The van der Waals surface area contributed by atoms with E-state index in [2.05, 4.69) is 6.92 Å². The number of rotatable bonds is 16. The first-order valence-electron chi connectivity index (χ1n) is 9.03. The van der Waals surface area contributed by atoms with Crippen molar-refractivity contribution in [3.05, 3.63) is 0 Å². The highest BCUT2D eigenvalue weighted by Crippen LogP contribution is 2.31. The van der Waals surface area contributed by atoms with Crippen molar-refractivity contribution in [3.63, 3.8) is 0 Å². The van der Waals surface area contributed by atoms with E-state index >= 15 is 0 Å². The summed E-state index contributed by atoms with van der Waals surface area (Å²) >= 11 is 0. The van der Waals surface area contributed by atoms with Crippen LogP contribution in [0.3, 0.4) is 0 Å². The fourth-order valence-corrected chi connectivity index (χ4v) is 4.69. The molecule has 0 rings (SSSR count). The zero-order valence-corrected chi connectivity index (χ0v) is 17.4. The summed E-state index contributed by atoms with van der Waals surface area (Å²) in [5, 5.41) is 0. The van der Waals surface area contributed by atoms with Gasteiger partial charge in [0.25, 0.3) is 0 Å². The largest absolute Gasteiger partial charge is 0.682 e. The number of nitrogens with zero attached hydrogens (tertiary/aromatic N) is 1. The zero-order valence-electron chi connectivity index (χ0n) is 16.4. The number of hydrogen-bond donors (Lipinski definition) is 1. The minimum absolute atomic E-state index is 0.359. The van der Waals surface area contributed by atoms with Crippen molar-refractivity contribution in [1.82, 2.24) is 4.90 Å². The van der Waals surface area contributed by atoms with Crippen molar-refractivity contribution in [2.24, 2.45) is 5.73 Å². The van der Waals surface area contributed by atoms with Gasteiger partial charge in [-0.05, 0) is 47.8 Å². The summed E-state index contributed by atoms with van der Waals surface area (Å²) in [6.45, 7) is 10.3. The van der Waals surface area contributed by atoms with Gasteiger partial charge in [-0.15, -0.1) is 0 Å². The normalized spacial score (nSPS) is 15.0. The highest BCUT2D eigenvalue weighted by Gasteiger charge is 2.52. The van der Waals surface area contributed by atoms with Gasteiger partial charge >= 0.3 is 9.05 Å². The highest BCUT2D eigenvalue weighted by molar-refractivity contribution is 6.53. The Labute approximate surface area is 149 Å². The maximum atomic E-state index is 6.41. The minimum Gasteiger partial charge on any atom is -0.351 e. The predicted octanol–water partition coefficient (Wildman–Crippen LogP) is 2.32. The highest BCUT2D eigenvalue weighted by atomic mass is 28.4. The lowest BCUT2D eigenvalue weighted by atomic mass is 10.1. The van der Waals surface area contributed by atoms with E-state index in [1.54, 1.807) is 0 Å². The van der Waals surface area contributed by atoms with E-state index in [1.165, 1.54) is 0 Å². The lowest BCUT2D eigenvalue weighted by Gasteiger charge is -2.40. The fraction of sp³-hybridized carbons (Fsp3) is 1.00. The number of hydrogen-bond acceptors (Lipinski definition) is 7. The minimum atomic E-state index is -3.33. The SMILES string of the molecule is CCCC(CCCN)(OCC)O[Si](OCC)(OCC)OCN(C)C. The molecule has 0 spiro atoms. The summed E-state index contributed by atoms with van der Waals surface area (Å²) in [5.74, 6) is -0.786. The smallest absolute Gasteiger partial charge is 0.351 e. The lowest BCUT2D eigenvalue weighted by Crippen LogP contribution is -2.57. The molecule has 8 heteroatoms. The molecule has 0 saturated heterocycles. The quantitative estimate of drug-likeness (QED) is 0.332. The molecule has 0 bridgehead atoms. The molecule has 2 N–H and O–H groups in total. The summed E-state index contributed by atoms with van der Waals surface area (Å²) < 4.78 is 30.2. The average Bonchev–Trinajstić information content (AvgIpc) is 2.52. The van der Waals surface area contributed by atoms with Crippen molar-refractivity contribution in [3.8, 4) is 0 Å². The standard InChI is InChI=1S/C16H38N2O5Si/c1-7-12-16(19-8-2,13-11-14-17)23-24(20-9-3,21-10-4)22-15-18(5)6/h7-15,17H2,1-6H3. The van der Waals surface area contributed by atoms with Gasteiger partial charge in [-0.3, -0.25) is 4.90 Å². The summed E-state index contributed by atoms with van der Waals surface area (Å²) in [7, 11) is 0.522. The van der Waals surface area contributed by atoms with E-state index in [0.717, 1.165) is 19.3 Å². The predicted molar refractivity (Wildman–Crippen MR) is 97.3 cm³/mol. The van der Waals surface area contributed by atoms with Crippen molar-refractivity contribution >= 4 is 9.05 Å². The number of ether oxygens (including phenoxy) is 1.